The van der Waals surface area contributed by atoms with Crippen molar-refractivity contribution in [2.45, 2.75) is 13.8 Å². The summed E-state index contributed by atoms with van der Waals surface area (Å²) in [7, 11) is 0. The lowest BCUT2D eigenvalue weighted by molar-refractivity contribution is -0.255. The molecule has 0 bridgehead atoms. The summed E-state index contributed by atoms with van der Waals surface area (Å²) in [5, 5.41) is 18.0. The predicted molar refractivity (Wildman–Crippen MR) is 92.4 cm³/mol. The molecule has 0 aliphatic rings. The van der Waals surface area contributed by atoms with Crippen LogP contribution in [0.4, 0.5) is 11.4 Å². The number of carboxylic acids is 1. The summed E-state index contributed by atoms with van der Waals surface area (Å²) in [6.07, 6.45) is 0. The van der Waals surface area contributed by atoms with E-state index in [4.69, 9.17) is 11.6 Å². The van der Waals surface area contributed by atoms with Crippen LogP contribution in [0.3, 0.4) is 0 Å². The lowest BCUT2D eigenvalue weighted by Crippen LogP contribution is -2.22. The normalized spacial score (nSPS) is 11.0. The molecule has 0 unspecified atom stereocenters. The molecule has 24 heavy (non-hydrogen) atoms. The molecule has 124 valence electrons. The minimum atomic E-state index is -1.35. The highest BCUT2D eigenvalue weighted by molar-refractivity contribution is 6.33. The maximum absolute atomic E-state index is 11.1. The Balaban J connectivity index is 2.18. The van der Waals surface area contributed by atoms with Gasteiger partial charge in [0.05, 0.1) is 17.4 Å². The molecule has 0 radical (unpaired) electrons. The zero-order valence-corrected chi connectivity index (χ0v) is 13.8. The van der Waals surface area contributed by atoms with E-state index in [1.54, 1.807) is 31.2 Å². The summed E-state index contributed by atoms with van der Waals surface area (Å²) in [5.74, 6) is -1.51. The number of hydrazone groups is 1. The van der Waals surface area contributed by atoms with Gasteiger partial charge in [-0.1, -0.05) is 23.7 Å². The smallest absolute Gasteiger partial charge is 0.221 e. The molecule has 0 fully saturated rings. The Morgan fingerprint density at radius 3 is 2.50 bits per heavy atom. The average molecular weight is 345 g/mol. The Hall–Kier alpha value is -2.86. The van der Waals surface area contributed by atoms with Gasteiger partial charge < -0.3 is 15.2 Å². The van der Waals surface area contributed by atoms with E-state index in [0.717, 1.165) is 5.56 Å². The van der Waals surface area contributed by atoms with Crippen LogP contribution in [0, 0.1) is 0 Å². The van der Waals surface area contributed by atoms with Crippen LogP contribution in [0.25, 0.3) is 0 Å². The summed E-state index contributed by atoms with van der Waals surface area (Å²) >= 11 is 5.79. The van der Waals surface area contributed by atoms with Crippen LogP contribution in [0.2, 0.25) is 5.02 Å². The Bertz CT molecular complexity index is 818. The van der Waals surface area contributed by atoms with E-state index in [1.165, 1.54) is 19.1 Å². The number of rotatable bonds is 5. The van der Waals surface area contributed by atoms with Crippen LogP contribution < -0.4 is 15.8 Å². The summed E-state index contributed by atoms with van der Waals surface area (Å²) < 4.78 is 0. The summed E-state index contributed by atoms with van der Waals surface area (Å²) in [6, 6.07) is 11.6. The zero-order valence-electron chi connectivity index (χ0n) is 13.1. The van der Waals surface area contributed by atoms with Crippen LogP contribution in [-0.4, -0.2) is 17.6 Å². The van der Waals surface area contributed by atoms with Crippen LogP contribution in [0.1, 0.15) is 29.8 Å². The number of carbonyl (C=O) groups is 2. The third kappa shape index (κ3) is 4.57. The molecule has 0 saturated heterocycles. The minimum Gasteiger partial charge on any atom is -0.545 e. The second-order valence-electron chi connectivity index (χ2n) is 5.05. The number of carboxylic acid groups (broad SMARTS) is 1. The largest absolute Gasteiger partial charge is 0.545 e. The van der Waals surface area contributed by atoms with E-state index >= 15 is 0 Å². The van der Waals surface area contributed by atoms with Gasteiger partial charge in [0.25, 0.3) is 0 Å². The van der Waals surface area contributed by atoms with Gasteiger partial charge in [-0.05, 0) is 42.8 Å². The Labute approximate surface area is 144 Å². The third-order valence-corrected chi connectivity index (χ3v) is 3.47. The SMILES string of the molecule is CC(=O)Nc1cccc(/C(C)=N\Nc2ccc(Cl)c(C(=O)[O-])c2)c1. The van der Waals surface area contributed by atoms with Crippen molar-refractivity contribution in [2.24, 2.45) is 5.10 Å². The Kier molecular flexibility index (Phi) is 5.55. The lowest BCUT2D eigenvalue weighted by Gasteiger charge is -2.09. The zero-order chi connectivity index (χ0) is 17.7. The number of hydrogen-bond acceptors (Lipinski definition) is 5. The Morgan fingerprint density at radius 2 is 1.83 bits per heavy atom. The number of nitrogens with one attached hydrogen (secondary N) is 2. The fraction of sp³-hybridized carbons (Fsp3) is 0.118. The summed E-state index contributed by atoms with van der Waals surface area (Å²) in [6.45, 7) is 3.22. The third-order valence-electron chi connectivity index (χ3n) is 3.14. The van der Waals surface area contributed by atoms with Crippen LogP contribution in [0.15, 0.2) is 47.6 Å². The van der Waals surface area contributed by atoms with Crippen molar-refractivity contribution in [1.29, 1.82) is 0 Å². The van der Waals surface area contributed by atoms with Crippen molar-refractivity contribution in [3.8, 4) is 0 Å². The van der Waals surface area contributed by atoms with E-state index in [2.05, 4.69) is 15.8 Å². The monoisotopic (exact) mass is 344 g/mol. The molecule has 2 aromatic carbocycles. The van der Waals surface area contributed by atoms with Crippen LogP contribution >= 0.6 is 11.6 Å². The molecule has 0 aliphatic carbocycles. The maximum atomic E-state index is 11.1. The number of halogens is 1. The fourth-order valence-electron chi connectivity index (χ4n) is 1.99. The minimum absolute atomic E-state index is 0.101. The van der Waals surface area contributed by atoms with E-state index in [9.17, 15) is 14.7 Å². The first-order valence-corrected chi connectivity index (χ1v) is 7.44. The highest BCUT2D eigenvalue weighted by Gasteiger charge is 2.04. The van der Waals surface area contributed by atoms with Crippen molar-refractivity contribution in [3.63, 3.8) is 0 Å². The molecule has 0 aromatic heterocycles. The molecule has 1 amide bonds. The van der Waals surface area contributed by atoms with E-state index in [-0.39, 0.29) is 16.5 Å². The quantitative estimate of drug-likeness (QED) is 0.643. The highest BCUT2D eigenvalue weighted by Crippen LogP contribution is 2.20. The number of amides is 1. The molecule has 6 nitrogen and oxygen atoms in total. The number of carbonyl (C=O) groups excluding carboxylic acids is 2. The van der Waals surface area contributed by atoms with E-state index < -0.39 is 5.97 Å². The number of aromatic carboxylic acids is 1. The standard InChI is InChI=1S/C17H16ClN3O3/c1-10(12-4-3-5-13(8-12)19-11(2)22)20-21-14-6-7-16(18)15(9-14)17(23)24/h3-9,21H,1-2H3,(H,19,22)(H,23,24)/p-1/b20-10-. The molecule has 0 heterocycles. The van der Waals surface area contributed by atoms with Crippen molar-refractivity contribution in [3.05, 3.63) is 58.6 Å². The van der Waals surface area contributed by atoms with Crippen molar-refractivity contribution >= 4 is 40.6 Å². The fourth-order valence-corrected chi connectivity index (χ4v) is 2.18. The number of anilines is 2. The van der Waals surface area contributed by atoms with Crippen LogP contribution in [0.5, 0.6) is 0 Å². The number of nitrogens with zero attached hydrogens (tertiary/aromatic N) is 1. The number of benzene rings is 2. The first-order chi connectivity index (χ1) is 11.4. The average Bonchev–Trinajstić information content (AvgIpc) is 2.53. The van der Waals surface area contributed by atoms with Crippen molar-refractivity contribution < 1.29 is 14.7 Å². The molecule has 2 rings (SSSR count). The molecule has 0 atom stereocenters. The highest BCUT2D eigenvalue weighted by atomic mass is 35.5. The Morgan fingerprint density at radius 1 is 1.08 bits per heavy atom. The number of hydrogen-bond donors (Lipinski definition) is 2. The lowest BCUT2D eigenvalue weighted by atomic mass is 10.1. The van der Waals surface area contributed by atoms with Gasteiger partial charge in [0, 0.05) is 23.2 Å². The van der Waals surface area contributed by atoms with Crippen LogP contribution in [-0.2, 0) is 4.79 Å². The molecule has 0 spiro atoms. The molecule has 2 N–H and O–H groups in total. The van der Waals surface area contributed by atoms with Crippen molar-refractivity contribution in [1.82, 2.24) is 0 Å². The van der Waals surface area contributed by atoms with Gasteiger partial charge in [-0.2, -0.15) is 5.10 Å². The summed E-state index contributed by atoms with van der Waals surface area (Å²) in [5.41, 5.74) is 5.27. The predicted octanol–water partition coefficient (Wildman–Crippen LogP) is 2.50. The second kappa shape index (κ2) is 7.61. The topological polar surface area (TPSA) is 93.6 Å². The van der Waals surface area contributed by atoms with E-state index in [1.807, 2.05) is 6.07 Å². The van der Waals surface area contributed by atoms with E-state index in [0.29, 0.717) is 17.1 Å². The van der Waals surface area contributed by atoms with Gasteiger partial charge in [0.15, 0.2) is 0 Å². The molecule has 0 aliphatic heterocycles. The molecule has 7 heteroatoms. The first-order valence-electron chi connectivity index (χ1n) is 7.06. The molecule has 0 saturated carbocycles. The van der Waals surface area contributed by atoms with Gasteiger partial charge >= 0.3 is 0 Å². The molecular weight excluding hydrogens is 330 g/mol. The van der Waals surface area contributed by atoms with Crippen molar-refractivity contribution in [2.75, 3.05) is 10.7 Å². The molecule has 2 aromatic rings. The van der Waals surface area contributed by atoms with Gasteiger partial charge in [-0.3, -0.25) is 10.2 Å². The summed E-state index contributed by atoms with van der Waals surface area (Å²) in [4.78, 5) is 22.1. The first kappa shape index (κ1) is 17.5. The van der Waals surface area contributed by atoms with Gasteiger partial charge in [-0.15, -0.1) is 0 Å². The van der Waals surface area contributed by atoms with Gasteiger partial charge in [0.2, 0.25) is 5.91 Å². The second-order valence-corrected chi connectivity index (χ2v) is 5.46. The van der Waals surface area contributed by atoms with Gasteiger partial charge in [0.1, 0.15) is 0 Å². The maximum Gasteiger partial charge on any atom is 0.221 e. The molecular formula is C17H15ClN3O3-. The van der Waals surface area contributed by atoms with Gasteiger partial charge in [-0.25, -0.2) is 0 Å².